The van der Waals surface area contributed by atoms with Crippen LogP contribution in [0.1, 0.15) is 16.8 Å². The summed E-state index contributed by atoms with van der Waals surface area (Å²) in [7, 11) is 0. The average molecular weight is 364 g/mol. The highest BCUT2D eigenvalue weighted by Gasteiger charge is 2.14. The lowest BCUT2D eigenvalue weighted by molar-refractivity contribution is 0.627. The number of nitrogens with zero attached hydrogens (tertiary/aromatic N) is 2. The van der Waals surface area contributed by atoms with Crippen molar-refractivity contribution in [2.45, 2.75) is 20.0 Å². The van der Waals surface area contributed by atoms with Gasteiger partial charge in [0.25, 0.3) is 0 Å². The summed E-state index contributed by atoms with van der Waals surface area (Å²) < 4.78 is 14.7. The van der Waals surface area contributed by atoms with Gasteiger partial charge in [0.15, 0.2) is 0 Å². The minimum atomic E-state index is -0.288. The molecular weight excluding hydrogens is 348 g/mol. The van der Waals surface area contributed by atoms with E-state index >= 15 is 0 Å². The zero-order valence-corrected chi connectivity index (χ0v) is 14.6. The van der Waals surface area contributed by atoms with Crippen molar-refractivity contribution >= 4 is 23.2 Å². The third kappa shape index (κ3) is 3.78. The Balaban J connectivity index is 1.72. The lowest BCUT2D eigenvalue weighted by Gasteiger charge is -2.06. The Morgan fingerprint density at radius 3 is 2.33 bits per heavy atom. The highest BCUT2D eigenvalue weighted by Crippen LogP contribution is 2.23. The maximum Gasteiger partial charge on any atom is 0.137 e. The van der Waals surface area contributed by atoms with Gasteiger partial charge in [0.2, 0.25) is 0 Å². The van der Waals surface area contributed by atoms with Crippen molar-refractivity contribution in [1.82, 2.24) is 15.1 Å². The van der Waals surface area contributed by atoms with Crippen LogP contribution < -0.4 is 5.32 Å². The highest BCUT2D eigenvalue weighted by molar-refractivity contribution is 6.30. The molecule has 0 bridgehead atoms. The van der Waals surface area contributed by atoms with Gasteiger partial charge in [-0.05, 0) is 48.9 Å². The molecule has 2 aromatic carbocycles. The van der Waals surface area contributed by atoms with Crippen LogP contribution in [0.25, 0.3) is 5.69 Å². The minimum Gasteiger partial charge on any atom is -0.308 e. The van der Waals surface area contributed by atoms with Crippen LogP contribution in [0.2, 0.25) is 10.2 Å². The molecular formula is C18H16Cl2FN3. The number of rotatable bonds is 5. The fraction of sp³-hybridized carbons (Fsp3) is 0.167. The Labute approximate surface area is 150 Å². The maximum atomic E-state index is 13.1. The fourth-order valence-corrected chi connectivity index (χ4v) is 2.88. The molecule has 3 rings (SSSR count). The summed E-state index contributed by atoms with van der Waals surface area (Å²) in [5, 5.41) is 9.06. The third-order valence-corrected chi connectivity index (χ3v) is 4.38. The lowest BCUT2D eigenvalue weighted by atomic mass is 10.2. The van der Waals surface area contributed by atoms with Crippen LogP contribution in [0.15, 0.2) is 48.5 Å². The number of nitrogens with one attached hydrogen (secondary N) is 1. The van der Waals surface area contributed by atoms with Gasteiger partial charge in [0.1, 0.15) is 11.0 Å². The van der Waals surface area contributed by atoms with E-state index in [1.807, 2.05) is 31.2 Å². The van der Waals surface area contributed by atoms with E-state index in [2.05, 4.69) is 10.4 Å². The molecule has 0 atom stereocenters. The van der Waals surface area contributed by atoms with Crippen LogP contribution in [0.3, 0.4) is 0 Å². The first kappa shape index (κ1) is 17.0. The first-order chi connectivity index (χ1) is 11.5. The van der Waals surface area contributed by atoms with Crippen molar-refractivity contribution in [3.63, 3.8) is 0 Å². The monoisotopic (exact) mass is 363 g/mol. The molecule has 0 fully saturated rings. The van der Waals surface area contributed by atoms with Gasteiger partial charge in [-0.2, -0.15) is 5.10 Å². The molecule has 0 unspecified atom stereocenters. The number of benzene rings is 2. The van der Waals surface area contributed by atoms with Crippen molar-refractivity contribution in [2.75, 3.05) is 0 Å². The van der Waals surface area contributed by atoms with Crippen LogP contribution >= 0.6 is 23.2 Å². The molecule has 1 aromatic heterocycles. The zero-order valence-electron chi connectivity index (χ0n) is 13.1. The predicted molar refractivity (Wildman–Crippen MR) is 95.3 cm³/mol. The van der Waals surface area contributed by atoms with Crippen LogP contribution in [-0.4, -0.2) is 9.78 Å². The van der Waals surface area contributed by atoms with Crippen molar-refractivity contribution in [1.29, 1.82) is 0 Å². The van der Waals surface area contributed by atoms with E-state index < -0.39 is 0 Å². The Hall–Kier alpha value is -1.88. The second-order valence-corrected chi connectivity index (χ2v) is 6.27. The Morgan fingerprint density at radius 2 is 1.67 bits per heavy atom. The van der Waals surface area contributed by atoms with Crippen LogP contribution in [-0.2, 0) is 13.1 Å². The minimum absolute atomic E-state index is 0.288. The molecule has 1 N–H and O–H groups in total. The van der Waals surface area contributed by atoms with Gasteiger partial charge in [-0.25, -0.2) is 9.07 Å². The van der Waals surface area contributed by atoms with E-state index in [1.165, 1.54) is 12.1 Å². The average Bonchev–Trinajstić information content (AvgIpc) is 2.85. The number of hydrogen-bond acceptors (Lipinski definition) is 2. The third-order valence-electron chi connectivity index (χ3n) is 3.74. The van der Waals surface area contributed by atoms with E-state index in [-0.39, 0.29) is 5.82 Å². The summed E-state index contributed by atoms with van der Waals surface area (Å²) in [6.07, 6.45) is 0. The maximum absolute atomic E-state index is 13.1. The van der Waals surface area contributed by atoms with E-state index in [0.29, 0.717) is 18.2 Å². The predicted octanol–water partition coefficient (Wildman–Crippen LogP) is 4.92. The molecule has 0 spiro atoms. The molecule has 3 nitrogen and oxygen atoms in total. The summed E-state index contributed by atoms with van der Waals surface area (Å²) in [6.45, 7) is 3.20. The first-order valence-electron chi connectivity index (χ1n) is 7.49. The molecule has 0 aliphatic carbocycles. The first-order valence-corrected chi connectivity index (χ1v) is 8.25. The molecule has 0 amide bonds. The summed E-state index contributed by atoms with van der Waals surface area (Å²) >= 11 is 12.3. The SMILES string of the molecule is Cc1nn(-c2ccc(F)cc2)c(Cl)c1CNCc1ccc(Cl)cc1. The quantitative estimate of drug-likeness (QED) is 0.697. The molecule has 1 heterocycles. The molecule has 3 aromatic rings. The Bertz CT molecular complexity index is 827. The topological polar surface area (TPSA) is 29.9 Å². The summed E-state index contributed by atoms with van der Waals surface area (Å²) in [4.78, 5) is 0. The molecule has 0 saturated heterocycles. The molecule has 124 valence electrons. The number of aryl methyl sites for hydroxylation is 1. The van der Waals surface area contributed by atoms with Crippen LogP contribution in [0, 0.1) is 12.7 Å². The molecule has 24 heavy (non-hydrogen) atoms. The van der Waals surface area contributed by atoms with Crippen molar-refractivity contribution in [3.8, 4) is 5.69 Å². The van der Waals surface area contributed by atoms with E-state index in [9.17, 15) is 4.39 Å². The van der Waals surface area contributed by atoms with E-state index in [0.717, 1.165) is 27.5 Å². The summed E-state index contributed by atoms with van der Waals surface area (Å²) in [5.74, 6) is -0.288. The summed E-state index contributed by atoms with van der Waals surface area (Å²) in [5.41, 5.74) is 3.63. The highest BCUT2D eigenvalue weighted by atomic mass is 35.5. The smallest absolute Gasteiger partial charge is 0.137 e. The Morgan fingerprint density at radius 1 is 1.00 bits per heavy atom. The number of hydrogen-bond donors (Lipinski definition) is 1. The van der Waals surface area contributed by atoms with Gasteiger partial charge in [-0.1, -0.05) is 35.3 Å². The molecule has 0 aliphatic heterocycles. The zero-order chi connectivity index (χ0) is 17.1. The normalized spacial score (nSPS) is 11.0. The van der Waals surface area contributed by atoms with Gasteiger partial charge in [0, 0.05) is 23.7 Å². The van der Waals surface area contributed by atoms with Crippen LogP contribution in [0.4, 0.5) is 4.39 Å². The van der Waals surface area contributed by atoms with Crippen molar-refractivity contribution < 1.29 is 4.39 Å². The second-order valence-electron chi connectivity index (χ2n) is 5.47. The summed E-state index contributed by atoms with van der Waals surface area (Å²) in [6, 6.07) is 13.8. The molecule has 0 aliphatic rings. The van der Waals surface area contributed by atoms with Gasteiger partial charge in [0.05, 0.1) is 11.4 Å². The van der Waals surface area contributed by atoms with Crippen molar-refractivity contribution in [3.05, 3.63) is 81.3 Å². The fourth-order valence-electron chi connectivity index (χ4n) is 2.42. The van der Waals surface area contributed by atoms with Gasteiger partial charge in [-0.15, -0.1) is 0 Å². The number of aromatic nitrogens is 2. The van der Waals surface area contributed by atoms with Gasteiger partial charge in [-0.3, -0.25) is 0 Å². The molecule has 0 saturated carbocycles. The van der Waals surface area contributed by atoms with Crippen molar-refractivity contribution in [2.24, 2.45) is 0 Å². The van der Waals surface area contributed by atoms with Crippen LogP contribution in [0.5, 0.6) is 0 Å². The van der Waals surface area contributed by atoms with Gasteiger partial charge >= 0.3 is 0 Å². The largest absolute Gasteiger partial charge is 0.308 e. The van der Waals surface area contributed by atoms with Gasteiger partial charge < -0.3 is 5.32 Å². The second kappa shape index (κ2) is 7.34. The standard InChI is InChI=1S/C18H16Cl2FN3/c1-12-17(11-22-10-13-2-4-14(19)5-3-13)18(20)24(23-12)16-8-6-15(21)7-9-16/h2-9,22H,10-11H2,1H3. The van der Waals surface area contributed by atoms with E-state index in [1.54, 1.807) is 16.8 Å². The number of halogens is 3. The molecule has 0 radical (unpaired) electrons. The van der Waals surface area contributed by atoms with E-state index in [4.69, 9.17) is 23.2 Å². The lowest BCUT2D eigenvalue weighted by Crippen LogP contribution is -2.13. The Kier molecular flexibility index (Phi) is 5.19. The molecule has 6 heteroatoms.